The van der Waals surface area contributed by atoms with E-state index in [2.05, 4.69) is 24.1 Å². The van der Waals surface area contributed by atoms with Gasteiger partial charge in [-0.1, -0.05) is 13.8 Å². The van der Waals surface area contributed by atoms with Crippen molar-refractivity contribution >= 4 is 11.3 Å². The Kier molecular flexibility index (Phi) is 3.19. The van der Waals surface area contributed by atoms with E-state index in [0.29, 0.717) is 5.92 Å². The Morgan fingerprint density at radius 2 is 2.36 bits per heavy atom. The maximum atomic E-state index is 4.41. The van der Waals surface area contributed by atoms with Gasteiger partial charge in [-0.05, 0) is 25.3 Å². The molecule has 2 nitrogen and oxygen atoms in total. The first kappa shape index (κ1) is 10.1. The van der Waals surface area contributed by atoms with E-state index in [1.54, 1.807) is 0 Å². The fourth-order valence-corrected chi connectivity index (χ4v) is 2.28. The fraction of sp³-hybridized carbons (Fsp3) is 0.727. The van der Waals surface area contributed by atoms with Crippen LogP contribution in [0, 0.1) is 5.92 Å². The molecule has 0 spiro atoms. The molecule has 0 aliphatic heterocycles. The van der Waals surface area contributed by atoms with Gasteiger partial charge in [0.25, 0.3) is 0 Å². The van der Waals surface area contributed by atoms with Crippen molar-refractivity contribution in [2.75, 3.05) is 6.54 Å². The van der Waals surface area contributed by atoms with Gasteiger partial charge in [0.2, 0.25) is 0 Å². The van der Waals surface area contributed by atoms with Crippen LogP contribution < -0.4 is 5.32 Å². The molecule has 0 unspecified atom stereocenters. The lowest BCUT2D eigenvalue weighted by molar-refractivity contribution is 0.643. The van der Waals surface area contributed by atoms with Crippen LogP contribution in [0.3, 0.4) is 0 Å². The van der Waals surface area contributed by atoms with Gasteiger partial charge < -0.3 is 5.32 Å². The first-order chi connectivity index (χ1) is 6.75. The Morgan fingerprint density at radius 1 is 1.57 bits per heavy atom. The molecular formula is C11H18N2S. The van der Waals surface area contributed by atoms with Crippen LogP contribution in [0.15, 0.2) is 6.20 Å². The predicted octanol–water partition coefficient (Wildman–Crippen LogP) is 2.77. The van der Waals surface area contributed by atoms with Gasteiger partial charge in [0, 0.05) is 23.5 Å². The van der Waals surface area contributed by atoms with E-state index >= 15 is 0 Å². The SMILES string of the molecule is CC(C)c1ncc(CNCC2CC2)s1. The van der Waals surface area contributed by atoms with Crippen molar-refractivity contribution in [3.05, 3.63) is 16.1 Å². The quantitative estimate of drug-likeness (QED) is 0.808. The van der Waals surface area contributed by atoms with Crippen molar-refractivity contribution < 1.29 is 0 Å². The minimum Gasteiger partial charge on any atom is -0.312 e. The van der Waals surface area contributed by atoms with Crippen LogP contribution in [0.1, 0.15) is 42.5 Å². The Bertz CT molecular complexity index is 289. The van der Waals surface area contributed by atoms with Gasteiger partial charge >= 0.3 is 0 Å². The molecule has 1 fully saturated rings. The van der Waals surface area contributed by atoms with Crippen LogP contribution in [0.5, 0.6) is 0 Å². The molecule has 0 aromatic carbocycles. The Hall–Kier alpha value is -0.410. The van der Waals surface area contributed by atoms with Crippen molar-refractivity contribution in [1.29, 1.82) is 0 Å². The van der Waals surface area contributed by atoms with Crippen LogP contribution in [-0.4, -0.2) is 11.5 Å². The molecule has 1 N–H and O–H groups in total. The summed E-state index contributed by atoms with van der Waals surface area (Å²) in [7, 11) is 0. The van der Waals surface area contributed by atoms with E-state index in [0.717, 1.165) is 12.5 Å². The number of aromatic nitrogens is 1. The molecule has 1 aromatic rings. The highest BCUT2D eigenvalue weighted by atomic mass is 32.1. The number of hydrogen-bond donors (Lipinski definition) is 1. The molecule has 0 amide bonds. The number of hydrogen-bond acceptors (Lipinski definition) is 3. The minimum absolute atomic E-state index is 0.567. The van der Waals surface area contributed by atoms with Crippen LogP contribution in [0.2, 0.25) is 0 Å². The standard InChI is InChI=1S/C11H18N2S/c1-8(2)11-13-7-10(14-11)6-12-5-9-3-4-9/h7-9,12H,3-6H2,1-2H3. The van der Waals surface area contributed by atoms with Gasteiger partial charge in [0.05, 0.1) is 5.01 Å². The van der Waals surface area contributed by atoms with E-state index in [-0.39, 0.29) is 0 Å². The van der Waals surface area contributed by atoms with Crippen molar-refractivity contribution in [3.8, 4) is 0 Å². The third kappa shape index (κ3) is 2.79. The van der Waals surface area contributed by atoms with Crippen molar-refractivity contribution in [3.63, 3.8) is 0 Å². The number of thiazole rings is 1. The highest BCUT2D eigenvalue weighted by molar-refractivity contribution is 7.11. The number of nitrogens with zero attached hydrogens (tertiary/aromatic N) is 1. The van der Waals surface area contributed by atoms with E-state index in [4.69, 9.17) is 0 Å². The molecule has 1 heterocycles. The van der Waals surface area contributed by atoms with Crippen LogP contribution in [0.4, 0.5) is 0 Å². The summed E-state index contributed by atoms with van der Waals surface area (Å²) in [4.78, 5) is 5.78. The third-order valence-corrected chi connectivity index (χ3v) is 3.79. The second kappa shape index (κ2) is 4.41. The lowest BCUT2D eigenvalue weighted by Gasteiger charge is -1.99. The Morgan fingerprint density at radius 3 is 2.93 bits per heavy atom. The molecule has 0 atom stereocenters. The van der Waals surface area contributed by atoms with Gasteiger partial charge in [-0.3, -0.25) is 0 Å². The molecule has 1 saturated carbocycles. The van der Waals surface area contributed by atoms with Crippen molar-refractivity contribution in [1.82, 2.24) is 10.3 Å². The summed E-state index contributed by atoms with van der Waals surface area (Å²) in [5.41, 5.74) is 0. The Balaban J connectivity index is 1.77. The maximum absolute atomic E-state index is 4.41. The third-order valence-electron chi connectivity index (χ3n) is 2.49. The van der Waals surface area contributed by atoms with Gasteiger partial charge in [-0.15, -0.1) is 11.3 Å². The minimum atomic E-state index is 0.567. The highest BCUT2D eigenvalue weighted by Gasteiger charge is 2.20. The zero-order valence-electron chi connectivity index (χ0n) is 8.92. The second-order valence-corrected chi connectivity index (χ2v) is 5.54. The summed E-state index contributed by atoms with van der Waals surface area (Å²) < 4.78 is 0. The maximum Gasteiger partial charge on any atom is 0.0953 e. The predicted molar refractivity (Wildman–Crippen MR) is 60.6 cm³/mol. The van der Waals surface area contributed by atoms with Crippen LogP contribution in [0.25, 0.3) is 0 Å². The normalized spacial score (nSPS) is 16.5. The Labute approximate surface area is 89.8 Å². The van der Waals surface area contributed by atoms with E-state index < -0.39 is 0 Å². The molecule has 0 radical (unpaired) electrons. The van der Waals surface area contributed by atoms with Gasteiger partial charge in [0.15, 0.2) is 0 Å². The van der Waals surface area contributed by atoms with Crippen LogP contribution >= 0.6 is 11.3 Å². The largest absolute Gasteiger partial charge is 0.312 e. The van der Waals surface area contributed by atoms with Crippen molar-refractivity contribution in [2.45, 2.75) is 39.2 Å². The summed E-state index contributed by atoms with van der Waals surface area (Å²) in [6, 6.07) is 0. The fourth-order valence-electron chi connectivity index (χ4n) is 1.39. The number of nitrogens with one attached hydrogen (secondary N) is 1. The van der Waals surface area contributed by atoms with Gasteiger partial charge in [-0.25, -0.2) is 4.98 Å². The smallest absolute Gasteiger partial charge is 0.0953 e. The molecule has 2 rings (SSSR count). The molecule has 14 heavy (non-hydrogen) atoms. The van der Waals surface area contributed by atoms with Crippen molar-refractivity contribution in [2.24, 2.45) is 5.92 Å². The lowest BCUT2D eigenvalue weighted by atomic mass is 10.2. The number of rotatable bonds is 5. The molecule has 1 aliphatic rings. The summed E-state index contributed by atoms with van der Waals surface area (Å²) in [6.45, 7) is 6.58. The monoisotopic (exact) mass is 210 g/mol. The summed E-state index contributed by atoms with van der Waals surface area (Å²) in [5, 5.41) is 4.74. The average Bonchev–Trinajstić information content (AvgIpc) is 2.82. The van der Waals surface area contributed by atoms with Gasteiger partial charge in [0.1, 0.15) is 0 Å². The zero-order valence-corrected chi connectivity index (χ0v) is 9.73. The average molecular weight is 210 g/mol. The first-order valence-electron chi connectivity index (χ1n) is 5.41. The van der Waals surface area contributed by atoms with E-state index in [9.17, 15) is 0 Å². The molecule has 0 saturated heterocycles. The summed E-state index contributed by atoms with van der Waals surface area (Å²) >= 11 is 1.84. The molecule has 0 bridgehead atoms. The lowest BCUT2D eigenvalue weighted by Crippen LogP contribution is -2.15. The summed E-state index contributed by atoms with van der Waals surface area (Å²) in [6.07, 6.45) is 4.86. The topological polar surface area (TPSA) is 24.9 Å². The highest BCUT2D eigenvalue weighted by Crippen LogP contribution is 2.28. The second-order valence-electron chi connectivity index (χ2n) is 4.39. The molecular weight excluding hydrogens is 192 g/mol. The van der Waals surface area contributed by atoms with Crippen LogP contribution in [-0.2, 0) is 6.54 Å². The molecule has 1 aliphatic carbocycles. The molecule has 3 heteroatoms. The van der Waals surface area contributed by atoms with E-state index in [1.165, 1.54) is 29.3 Å². The van der Waals surface area contributed by atoms with E-state index in [1.807, 2.05) is 17.5 Å². The summed E-state index contributed by atoms with van der Waals surface area (Å²) in [5.74, 6) is 1.53. The zero-order chi connectivity index (χ0) is 9.97. The first-order valence-corrected chi connectivity index (χ1v) is 6.22. The molecule has 78 valence electrons. The molecule has 1 aromatic heterocycles. The van der Waals surface area contributed by atoms with Gasteiger partial charge in [-0.2, -0.15) is 0 Å².